The maximum atomic E-state index is 12.6. The predicted octanol–water partition coefficient (Wildman–Crippen LogP) is 3.19. The highest BCUT2D eigenvalue weighted by Gasteiger charge is 2.23. The van der Waals surface area contributed by atoms with Crippen LogP contribution in [0.1, 0.15) is 49.2 Å². The molecule has 1 N–H and O–H groups in total. The van der Waals surface area contributed by atoms with Gasteiger partial charge in [0.2, 0.25) is 5.91 Å². The van der Waals surface area contributed by atoms with E-state index in [1.165, 1.54) is 24.1 Å². The molecule has 7 heteroatoms. The standard InChI is InChI=1S/C24H30N6O/c1-17-25-21-8-4-5-9-22(21)30(17)15-12-24(31)26-19-10-13-29(14-11-19)23-16-18-6-2-3-7-20(18)27-28-23/h4-5,8-9,16,19H,2-3,6-7,10-15H2,1H3,(H,26,31). The monoisotopic (exact) mass is 418 g/mol. The minimum absolute atomic E-state index is 0.115. The highest BCUT2D eigenvalue weighted by Crippen LogP contribution is 2.24. The fourth-order valence-electron chi connectivity index (χ4n) is 4.88. The third kappa shape index (κ3) is 4.27. The van der Waals surface area contributed by atoms with Crippen LogP contribution in [0.15, 0.2) is 30.3 Å². The Morgan fingerprint density at radius 1 is 1.13 bits per heavy atom. The Morgan fingerprint density at radius 3 is 2.81 bits per heavy atom. The molecule has 0 saturated carbocycles. The van der Waals surface area contributed by atoms with E-state index in [1.807, 2.05) is 25.1 Å². The van der Waals surface area contributed by atoms with Crippen LogP contribution < -0.4 is 10.2 Å². The minimum Gasteiger partial charge on any atom is -0.355 e. The number of carbonyl (C=O) groups excluding carboxylic acids is 1. The number of nitrogens with zero attached hydrogens (tertiary/aromatic N) is 5. The molecule has 1 saturated heterocycles. The molecule has 0 spiro atoms. The second kappa shape index (κ2) is 8.65. The van der Waals surface area contributed by atoms with Gasteiger partial charge in [-0.1, -0.05) is 12.1 Å². The molecule has 3 heterocycles. The Bertz CT molecular complexity index is 1080. The Labute approximate surface area is 182 Å². The number of hydrogen-bond donors (Lipinski definition) is 1. The van der Waals surface area contributed by atoms with Crippen LogP contribution in [-0.4, -0.2) is 44.8 Å². The third-order valence-electron chi connectivity index (χ3n) is 6.65. The van der Waals surface area contributed by atoms with Crippen molar-refractivity contribution < 1.29 is 4.79 Å². The molecule has 0 atom stereocenters. The number of aryl methyl sites for hydroxylation is 4. The largest absolute Gasteiger partial charge is 0.355 e. The Kier molecular flexibility index (Phi) is 5.57. The lowest BCUT2D eigenvalue weighted by molar-refractivity contribution is -0.122. The van der Waals surface area contributed by atoms with Gasteiger partial charge in [-0.2, -0.15) is 5.10 Å². The SMILES string of the molecule is Cc1nc2ccccc2n1CCC(=O)NC1CCN(c2cc3c(nn2)CCCC3)CC1. The molecular formula is C24H30N6O. The molecule has 5 rings (SSSR count). The molecule has 162 valence electrons. The minimum atomic E-state index is 0.115. The summed E-state index contributed by atoms with van der Waals surface area (Å²) in [5.41, 5.74) is 4.62. The van der Waals surface area contributed by atoms with Gasteiger partial charge in [-0.15, -0.1) is 5.10 Å². The quantitative estimate of drug-likeness (QED) is 0.689. The summed E-state index contributed by atoms with van der Waals surface area (Å²) in [4.78, 5) is 19.5. The first-order chi connectivity index (χ1) is 15.2. The second-order valence-electron chi connectivity index (χ2n) is 8.76. The number of para-hydroxylation sites is 2. The highest BCUT2D eigenvalue weighted by atomic mass is 16.1. The van der Waals surface area contributed by atoms with Crippen molar-refractivity contribution in [2.24, 2.45) is 0 Å². The molecule has 0 radical (unpaired) electrons. The highest BCUT2D eigenvalue weighted by molar-refractivity contribution is 5.78. The van der Waals surface area contributed by atoms with Crippen molar-refractivity contribution in [2.75, 3.05) is 18.0 Å². The average Bonchev–Trinajstić information content (AvgIpc) is 3.13. The van der Waals surface area contributed by atoms with Gasteiger partial charge in [0.1, 0.15) is 5.82 Å². The summed E-state index contributed by atoms with van der Waals surface area (Å²) in [6.45, 7) is 4.46. The smallest absolute Gasteiger partial charge is 0.222 e. The summed E-state index contributed by atoms with van der Waals surface area (Å²) in [6, 6.07) is 10.5. The normalized spacial score (nSPS) is 17.0. The summed E-state index contributed by atoms with van der Waals surface area (Å²) >= 11 is 0. The summed E-state index contributed by atoms with van der Waals surface area (Å²) in [5, 5.41) is 12.2. The van der Waals surface area contributed by atoms with E-state index in [4.69, 9.17) is 0 Å². The zero-order valence-corrected chi connectivity index (χ0v) is 18.2. The van der Waals surface area contributed by atoms with Crippen molar-refractivity contribution in [1.29, 1.82) is 0 Å². The van der Waals surface area contributed by atoms with Gasteiger partial charge in [0.25, 0.3) is 0 Å². The Hall–Kier alpha value is -2.96. The van der Waals surface area contributed by atoms with Crippen LogP contribution in [0.25, 0.3) is 11.0 Å². The molecule has 1 aromatic carbocycles. The molecule has 0 unspecified atom stereocenters. The van der Waals surface area contributed by atoms with Gasteiger partial charge in [0, 0.05) is 32.1 Å². The lowest BCUT2D eigenvalue weighted by atomic mass is 9.96. The molecule has 0 bridgehead atoms. The third-order valence-corrected chi connectivity index (χ3v) is 6.65. The van der Waals surface area contributed by atoms with E-state index in [9.17, 15) is 4.79 Å². The van der Waals surface area contributed by atoms with Gasteiger partial charge in [0.15, 0.2) is 5.82 Å². The van der Waals surface area contributed by atoms with Gasteiger partial charge in [-0.05, 0) is 69.2 Å². The van der Waals surface area contributed by atoms with E-state index < -0.39 is 0 Å². The summed E-state index contributed by atoms with van der Waals surface area (Å²) in [6.07, 6.45) is 7.01. The van der Waals surface area contributed by atoms with Crippen molar-refractivity contribution in [3.63, 3.8) is 0 Å². The van der Waals surface area contributed by atoms with E-state index in [2.05, 4.69) is 42.1 Å². The van der Waals surface area contributed by atoms with Crippen molar-refractivity contribution in [3.8, 4) is 0 Å². The molecule has 2 aliphatic rings. The van der Waals surface area contributed by atoms with Crippen molar-refractivity contribution >= 4 is 22.8 Å². The molecule has 1 amide bonds. The number of carbonyl (C=O) groups is 1. The maximum Gasteiger partial charge on any atom is 0.222 e. The summed E-state index contributed by atoms with van der Waals surface area (Å²) < 4.78 is 2.13. The molecule has 3 aromatic rings. The predicted molar refractivity (Wildman–Crippen MR) is 121 cm³/mol. The van der Waals surface area contributed by atoms with Crippen LogP contribution in [0.5, 0.6) is 0 Å². The fraction of sp³-hybridized carbons (Fsp3) is 0.500. The van der Waals surface area contributed by atoms with Crippen molar-refractivity contribution in [2.45, 2.75) is 64.5 Å². The second-order valence-corrected chi connectivity index (χ2v) is 8.76. The number of amides is 1. The van der Waals surface area contributed by atoms with Gasteiger partial charge in [0.05, 0.1) is 16.7 Å². The van der Waals surface area contributed by atoms with Crippen LogP contribution in [-0.2, 0) is 24.2 Å². The Balaban J connectivity index is 1.13. The fourth-order valence-corrected chi connectivity index (χ4v) is 4.88. The molecule has 7 nitrogen and oxygen atoms in total. The summed E-state index contributed by atoms with van der Waals surface area (Å²) in [5.74, 6) is 2.06. The number of aromatic nitrogens is 4. The van der Waals surface area contributed by atoms with Crippen LogP contribution in [0.3, 0.4) is 0 Å². The lowest BCUT2D eigenvalue weighted by Gasteiger charge is -2.33. The zero-order valence-electron chi connectivity index (χ0n) is 18.2. The number of anilines is 1. The van der Waals surface area contributed by atoms with E-state index in [1.54, 1.807) is 0 Å². The van der Waals surface area contributed by atoms with Gasteiger partial charge in [-0.25, -0.2) is 4.98 Å². The lowest BCUT2D eigenvalue weighted by Crippen LogP contribution is -2.45. The van der Waals surface area contributed by atoms with E-state index >= 15 is 0 Å². The van der Waals surface area contributed by atoms with Crippen molar-refractivity contribution in [3.05, 3.63) is 47.4 Å². The first kappa shape index (κ1) is 20.0. The molecular weight excluding hydrogens is 388 g/mol. The number of piperidine rings is 1. The topological polar surface area (TPSA) is 75.9 Å². The molecule has 31 heavy (non-hydrogen) atoms. The Morgan fingerprint density at radius 2 is 1.94 bits per heavy atom. The van der Waals surface area contributed by atoms with Crippen LogP contribution in [0.4, 0.5) is 5.82 Å². The van der Waals surface area contributed by atoms with E-state index in [-0.39, 0.29) is 11.9 Å². The van der Waals surface area contributed by atoms with E-state index in [0.29, 0.717) is 13.0 Å². The number of fused-ring (bicyclic) bond motifs is 2. The molecule has 2 aromatic heterocycles. The van der Waals surface area contributed by atoms with Crippen LogP contribution >= 0.6 is 0 Å². The number of nitrogens with one attached hydrogen (secondary N) is 1. The first-order valence-electron chi connectivity index (χ1n) is 11.5. The van der Waals surface area contributed by atoms with Gasteiger partial charge in [-0.3, -0.25) is 4.79 Å². The van der Waals surface area contributed by atoms with Gasteiger partial charge < -0.3 is 14.8 Å². The summed E-state index contributed by atoms with van der Waals surface area (Å²) in [7, 11) is 0. The molecule has 1 aliphatic heterocycles. The maximum absolute atomic E-state index is 12.6. The van der Waals surface area contributed by atoms with Crippen molar-refractivity contribution in [1.82, 2.24) is 25.1 Å². The molecule has 1 aliphatic carbocycles. The van der Waals surface area contributed by atoms with Crippen LogP contribution in [0, 0.1) is 6.92 Å². The number of hydrogen-bond acceptors (Lipinski definition) is 5. The first-order valence-corrected chi connectivity index (χ1v) is 11.5. The average molecular weight is 419 g/mol. The van der Waals surface area contributed by atoms with Crippen LogP contribution in [0.2, 0.25) is 0 Å². The van der Waals surface area contributed by atoms with Gasteiger partial charge >= 0.3 is 0 Å². The van der Waals surface area contributed by atoms with E-state index in [0.717, 1.165) is 61.4 Å². The zero-order chi connectivity index (χ0) is 21.2. The number of imidazole rings is 1. The molecule has 1 fully saturated rings. The number of rotatable bonds is 5. The number of benzene rings is 1.